The monoisotopic (exact) mass is 1190 g/mol. The number of aldehydes is 1. The zero-order valence-electron chi connectivity index (χ0n) is 57.7. The van der Waals surface area contributed by atoms with E-state index in [1.54, 1.807) is 0 Å². The summed E-state index contributed by atoms with van der Waals surface area (Å²) in [5, 5.41) is 44.2. The van der Waals surface area contributed by atoms with Gasteiger partial charge in [-0.25, -0.2) is 0 Å². The second-order valence-corrected chi connectivity index (χ2v) is 32.3. The Kier molecular flexibility index (Phi) is 24.7. The number of aryl methyl sites for hydroxylation is 4. The Morgan fingerprint density at radius 2 is 0.523 bits per heavy atom. The van der Waals surface area contributed by atoms with Crippen LogP contribution in [0.5, 0.6) is 23.0 Å². The van der Waals surface area contributed by atoms with Crippen LogP contribution in [-0.2, 0) is 107 Å². The van der Waals surface area contributed by atoms with E-state index in [0.29, 0.717) is 31.4 Å². The molecule has 0 heterocycles. The number of methoxy groups -OCH3 is 1. The van der Waals surface area contributed by atoms with E-state index in [4.69, 9.17) is 18.9 Å². The summed E-state index contributed by atoms with van der Waals surface area (Å²) < 4.78 is 23.4. The van der Waals surface area contributed by atoms with Crippen LogP contribution in [0.1, 0.15) is 259 Å². The minimum absolute atomic E-state index is 0.0417. The summed E-state index contributed by atoms with van der Waals surface area (Å²) in [5.41, 5.74) is 7.07. The first-order valence-electron chi connectivity index (χ1n) is 30.8. The van der Waals surface area contributed by atoms with Crippen molar-refractivity contribution in [3.05, 3.63) is 115 Å². The Hall–Kier alpha value is -5.88. The average molecular weight is 1190 g/mol. The van der Waals surface area contributed by atoms with Gasteiger partial charge in [-0.05, 0) is 136 Å². The van der Waals surface area contributed by atoms with Crippen molar-refractivity contribution < 1.29 is 58.6 Å². The highest BCUT2D eigenvalue weighted by Crippen LogP contribution is 2.44. The molecule has 0 bridgehead atoms. The molecule has 4 aromatic carbocycles. The Labute approximate surface area is 518 Å². The quantitative estimate of drug-likeness (QED) is 0.0373. The smallest absolute Gasteiger partial charge is 0.306 e. The molecule has 0 spiro atoms. The molecule has 0 atom stereocenters. The zero-order chi connectivity index (χ0) is 66.1. The van der Waals surface area contributed by atoms with Crippen LogP contribution < -0.4 is 0 Å². The highest BCUT2D eigenvalue weighted by molar-refractivity contribution is 5.71. The van der Waals surface area contributed by atoms with Crippen LogP contribution in [-0.4, -0.2) is 78.2 Å². The van der Waals surface area contributed by atoms with E-state index in [0.717, 1.165) is 79.5 Å². The molecule has 12 heteroatoms. The summed E-state index contributed by atoms with van der Waals surface area (Å²) in [6.45, 7) is 48.5. The third kappa shape index (κ3) is 21.5. The van der Waals surface area contributed by atoms with Crippen molar-refractivity contribution in [3.8, 4) is 23.0 Å². The lowest BCUT2D eigenvalue weighted by Crippen LogP contribution is -2.43. The minimum Gasteiger partial charge on any atom is -0.507 e. The number of hydrogen-bond donors (Lipinski definition) is 4. The molecule has 0 aromatic heterocycles. The topological polar surface area (TPSA) is 186 Å². The third-order valence-electron chi connectivity index (χ3n) is 15.6. The summed E-state index contributed by atoms with van der Waals surface area (Å²) in [4.78, 5) is 51.3. The van der Waals surface area contributed by atoms with Crippen molar-refractivity contribution >= 4 is 24.2 Å². The van der Waals surface area contributed by atoms with Crippen LogP contribution in [0.25, 0.3) is 0 Å². The van der Waals surface area contributed by atoms with Crippen molar-refractivity contribution in [2.45, 2.75) is 261 Å². The first-order valence-corrected chi connectivity index (χ1v) is 30.8. The van der Waals surface area contributed by atoms with Crippen LogP contribution in [0.3, 0.4) is 0 Å². The predicted octanol–water partition coefficient (Wildman–Crippen LogP) is 16.2. The molecule has 86 heavy (non-hydrogen) atoms. The number of phenolic OH excluding ortho intramolecular Hbond substituents is 4. The SMILES string of the molecule is CC(C)(C)c1cc(CCC=O)cc(C(C)(C)C)c1O.COCC(COC(=O)CCc1cc(C(C)(C)C)c(O)c(C(C)(C)C)c1)(COC(=O)CCc1cc(C(C)(C)C)c(O)c(C(C)(C)C)c1)COC(=O)CCc1cc(C(C)(C)C)c(O)c(C(C)(C)C)c1. The van der Waals surface area contributed by atoms with E-state index in [1.165, 1.54) is 7.11 Å². The van der Waals surface area contributed by atoms with Crippen LogP contribution in [0.2, 0.25) is 0 Å². The highest BCUT2D eigenvalue weighted by atomic mass is 16.6. The molecule has 0 radical (unpaired) electrons. The molecule has 0 aliphatic rings. The largest absolute Gasteiger partial charge is 0.507 e. The molecule has 0 unspecified atom stereocenters. The van der Waals surface area contributed by atoms with E-state index in [9.17, 15) is 39.6 Å². The van der Waals surface area contributed by atoms with Crippen LogP contribution in [0.4, 0.5) is 0 Å². The fraction of sp³-hybridized carbons (Fsp3) is 0.622. The molecule has 0 fully saturated rings. The van der Waals surface area contributed by atoms with Gasteiger partial charge in [-0.15, -0.1) is 0 Å². The van der Waals surface area contributed by atoms with Crippen LogP contribution in [0.15, 0.2) is 48.5 Å². The van der Waals surface area contributed by atoms with E-state index < -0.39 is 23.3 Å². The van der Waals surface area contributed by atoms with Crippen molar-refractivity contribution in [3.63, 3.8) is 0 Å². The van der Waals surface area contributed by atoms with Gasteiger partial charge in [-0.2, -0.15) is 0 Å². The van der Waals surface area contributed by atoms with Gasteiger partial charge in [-0.1, -0.05) is 215 Å². The van der Waals surface area contributed by atoms with Gasteiger partial charge in [0.1, 0.15) is 49.1 Å². The van der Waals surface area contributed by atoms with Gasteiger partial charge in [-0.3, -0.25) is 14.4 Å². The average Bonchev–Trinajstić information content (AvgIpc) is 0.938. The fourth-order valence-corrected chi connectivity index (χ4v) is 10.4. The zero-order valence-corrected chi connectivity index (χ0v) is 57.7. The number of phenols is 4. The number of benzene rings is 4. The molecule has 480 valence electrons. The van der Waals surface area contributed by atoms with Crippen LogP contribution in [0, 0.1) is 5.41 Å². The fourth-order valence-electron chi connectivity index (χ4n) is 10.4. The second-order valence-electron chi connectivity index (χ2n) is 32.3. The van der Waals surface area contributed by atoms with Gasteiger partial charge in [0.2, 0.25) is 0 Å². The van der Waals surface area contributed by atoms with E-state index in [1.807, 2.05) is 173 Å². The molecule has 0 aliphatic carbocycles. The predicted molar refractivity (Wildman–Crippen MR) is 349 cm³/mol. The van der Waals surface area contributed by atoms with E-state index >= 15 is 0 Å². The molecular weight excluding hydrogens is 1080 g/mol. The van der Waals surface area contributed by atoms with Crippen molar-refractivity contribution in [1.29, 1.82) is 0 Å². The maximum Gasteiger partial charge on any atom is 0.306 e. The van der Waals surface area contributed by atoms with Gasteiger partial charge in [0.25, 0.3) is 0 Å². The Morgan fingerprint density at radius 3 is 0.686 bits per heavy atom. The standard InChI is InChI=1S/C57H86O10.C17H26O2/c1-51(2,3)39-26-36(27-40(48(39)61)52(4,5)6)20-23-45(58)65-33-57(32-64-19,34-66-46(59)24-21-37-28-41(53(7,8)9)49(62)42(29-37)54(10,11)12)35-67-47(60)25-22-38-30-43(55(13,14)15)50(63)44(31-38)56(16,17)18;1-16(2,3)13-10-12(8-7-9-18)11-14(15(13)19)17(4,5)6/h26-31,61-63H,20-25,32-35H2,1-19H3;9-11,19H,7-8H2,1-6H3. The number of ether oxygens (including phenoxy) is 4. The number of esters is 3. The van der Waals surface area contributed by atoms with Crippen molar-refractivity contribution in [2.75, 3.05) is 33.5 Å². The maximum atomic E-state index is 13.6. The highest BCUT2D eigenvalue weighted by Gasteiger charge is 2.37. The number of aromatic hydroxyl groups is 4. The Balaban J connectivity index is 0.000000861. The summed E-state index contributed by atoms with van der Waals surface area (Å²) in [6, 6.07) is 15.8. The molecule has 0 aliphatic heterocycles. The number of hydrogen-bond acceptors (Lipinski definition) is 12. The first kappa shape index (κ1) is 74.4. The van der Waals surface area contributed by atoms with E-state index in [2.05, 4.69) is 41.5 Å². The Morgan fingerprint density at radius 1 is 0.337 bits per heavy atom. The lowest BCUT2D eigenvalue weighted by Gasteiger charge is -2.31. The summed E-state index contributed by atoms with van der Waals surface area (Å²) >= 11 is 0. The second kappa shape index (κ2) is 28.5. The number of carbonyl (C=O) groups excluding carboxylic acids is 4. The molecule has 4 N–H and O–H groups in total. The molecule has 0 saturated carbocycles. The van der Waals surface area contributed by atoms with Gasteiger partial charge in [0.15, 0.2) is 0 Å². The van der Waals surface area contributed by atoms with E-state index in [-0.39, 0.29) is 106 Å². The van der Waals surface area contributed by atoms with Crippen LogP contribution >= 0.6 is 0 Å². The van der Waals surface area contributed by atoms with Gasteiger partial charge in [0.05, 0.1) is 12.0 Å². The normalized spacial score (nSPS) is 13.0. The number of carbonyl (C=O) groups is 4. The summed E-state index contributed by atoms with van der Waals surface area (Å²) in [5.74, 6) is -0.286. The summed E-state index contributed by atoms with van der Waals surface area (Å²) in [6.07, 6.45) is 3.42. The molecule has 4 aromatic rings. The molecule has 12 nitrogen and oxygen atoms in total. The van der Waals surface area contributed by atoms with Gasteiger partial charge in [0, 0.05) is 32.8 Å². The van der Waals surface area contributed by atoms with Gasteiger partial charge < -0.3 is 44.2 Å². The molecular formula is C74H112O12. The minimum atomic E-state index is -1.23. The van der Waals surface area contributed by atoms with Crippen molar-refractivity contribution in [2.24, 2.45) is 5.41 Å². The van der Waals surface area contributed by atoms with Gasteiger partial charge >= 0.3 is 17.9 Å². The lowest BCUT2D eigenvalue weighted by atomic mass is 9.78. The first-order chi connectivity index (χ1) is 39.0. The maximum absolute atomic E-state index is 13.6. The third-order valence-corrected chi connectivity index (χ3v) is 15.6. The van der Waals surface area contributed by atoms with Crippen molar-refractivity contribution in [1.82, 2.24) is 0 Å². The lowest BCUT2D eigenvalue weighted by molar-refractivity contribution is -0.166. The summed E-state index contributed by atoms with van der Waals surface area (Å²) in [7, 11) is 1.49. The number of rotatable bonds is 20. The molecule has 4 rings (SSSR count). The Bertz CT molecular complexity index is 2590. The molecule has 0 amide bonds. The molecule has 0 saturated heterocycles.